The van der Waals surface area contributed by atoms with Crippen molar-refractivity contribution in [3.63, 3.8) is 0 Å². The molecule has 2 aromatic rings. The van der Waals surface area contributed by atoms with Gasteiger partial charge in [0.1, 0.15) is 11.6 Å². The molecule has 4 heteroatoms. The third-order valence-corrected chi connectivity index (χ3v) is 3.33. The van der Waals surface area contributed by atoms with Gasteiger partial charge in [-0.25, -0.2) is 9.97 Å². The predicted molar refractivity (Wildman–Crippen MR) is 73.2 cm³/mol. The van der Waals surface area contributed by atoms with Crippen LogP contribution >= 0.6 is 11.3 Å². The number of nitrogens with zero attached hydrogens (tertiary/aromatic N) is 2. The van der Waals surface area contributed by atoms with Crippen LogP contribution in [0.4, 0.5) is 5.82 Å². The molecule has 17 heavy (non-hydrogen) atoms. The van der Waals surface area contributed by atoms with Gasteiger partial charge in [0, 0.05) is 21.9 Å². The van der Waals surface area contributed by atoms with Crippen molar-refractivity contribution in [3.8, 4) is 11.3 Å². The first-order chi connectivity index (χ1) is 7.89. The molecular weight excluding hydrogens is 230 g/mol. The lowest BCUT2D eigenvalue weighted by Gasteiger charge is -2.19. The number of thiophene rings is 1. The van der Waals surface area contributed by atoms with Crippen molar-refractivity contribution in [2.24, 2.45) is 0 Å². The summed E-state index contributed by atoms with van der Waals surface area (Å²) < 4.78 is 0. The third-order valence-electron chi connectivity index (χ3n) is 2.65. The van der Waals surface area contributed by atoms with Crippen molar-refractivity contribution >= 4 is 17.2 Å². The Morgan fingerprint density at radius 1 is 1.24 bits per heavy atom. The number of hydrogen-bond donors (Lipinski definition) is 1. The molecule has 2 aromatic heterocycles. The van der Waals surface area contributed by atoms with Gasteiger partial charge in [0.15, 0.2) is 0 Å². The van der Waals surface area contributed by atoms with E-state index in [-0.39, 0.29) is 5.41 Å². The molecule has 2 N–H and O–H groups in total. The zero-order chi connectivity index (χ0) is 12.6. The summed E-state index contributed by atoms with van der Waals surface area (Å²) >= 11 is 1.66. The minimum Gasteiger partial charge on any atom is -0.383 e. The summed E-state index contributed by atoms with van der Waals surface area (Å²) in [6, 6.07) is 2.06. The van der Waals surface area contributed by atoms with Crippen LogP contribution in [0.15, 0.2) is 16.8 Å². The molecule has 0 unspecified atom stereocenters. The third kappa shape index (κ3) is 2.31. The molecule has 0 radical (unpaired) electrons. The molecule has 0 aliphatic carbocycles. The maximum atomic E-state index is 5.98. The van der Waals surface area contributed by atoms with Crippen LogP contribution in [-0.2, 0) is 5.41 Å². The van der Waals surface area contributed by atoms with E-state index in [1.807, 2.05) is 12.3 Å². The van der Waals surface area contributed by atoms with Crippen LogP contribution in [0.25, 0.3) is 11.3 Å². The average molecular weight is 247 g/mol. The first-order valence-electron chi connectivity index (χ1n) is 5.57. The van der Waals surface area contributed by atoms with Crippen LogP contribution < -0.4 is 5.73 Å². The minimum atomic E-state index is -0.0907. The molecule has 90 valence electrons. The summed E-state index contributed by atoms with van der Waals surface area (Å²) in [6.45, 7) is 8.24. The standard InChI is InChI=1S/C13H17N3S/c1-8-10(9-5-6-17-7-9)15-12(13(2,3)4)16-11(8)14/h5-7H,1-4H3,(H2,14,15,16). The summed E-state index contributed by atoms with van der Waals surface area (Å²) in [5, 5.41) is 4.13. The van der Waals surface area contributed by atoms with Gasteiger partial charge in [-0.15, -0.1) is 0 Å². The number of nitrogen functional groups attached to an aromatic ring is 1. The van der Waals surface area contributed by atoms with Gasteiger partial charge >= 0.3 is 0 Å². The Kier molecular flexibility index (Phi) is 2.91. The van der Waals surface area contributed by atoms with E-state index < -0.39 is 0 Å². The number of hydrogen-bond acceptors (Lipinski definition) is 4. The van der Waals surface area contributed by atoms with E-state index in [9.17, 15) is 0 Å². The van der Waals surface area contributed by atoms with E-state index in [0.29, 0.717) is 5.82 Å². The summed E-state index contributed by atoms with van der Waals surface area (Å²) in [4.78, 5) is 9.05. The van der Waals surface area contributed by atoms with Crippen molar-refractivity contribution < 1.29 is 0 Å². The monoisotopic (exact) mass is 247 g/mol. The van der Waals surface area contributed by atoms with Crippen molar-refractivity contribution in [2.45, 2.75) is 33.1 Å². The van der Waals surface area contributed by atoms with Crippen LogP contribution in [0, 0.1) is 6.92 Å². The lowest BCUT2D eigenvalue weighted by molar-refractivity contribution is 0.546. The molecule has 2 rings (SSSR count). The van der Waals surface area contributed by atoms with Gasteiger partial charge in [0.05, 0.1) is 5.69 Å². The van der Waals surface area contributed by atoms with Gasteiger partial charge in [0.2, 0.25) is 0 Å². The molecule has 0 atom stereocenters. The Balaban J connectivity index is 2.64. The topological polar surface area (TPSA) is 51.8 Å². The predicted octanol–water partition coefficient (Wildman–Crippen LogP) is 3.39. The van der Waals surface area contributed by atoms with Crippen LogP contribution in [0.1, 0.15) is 32.2 Å². The molecule has 3 nitrogen and oxygen atoms in total. The highest BCUT2D eigenvalue weighted by Gasteiger charge is 2.20. The largest absolute Gasteiger partial charge is 0.383 e. The van der Waals surface area contributed by atoms with Crippen molar-refractivity contribution in [1.29, 1.82) is 0 Å². The van der Waals surface area contributed by atoms with Crippen LogP contribution in [-0.4, -0.2) is 9.97 Å². The molecule has 0 aromatic carbocycles. The van der Waals surface area contributed by atoms with Gasteiger partial charge in [-0.3, -0.25) is 0 Å². The number of nitrogens with two attached hydrogens (primary N) is 1. The second-order valence-corrected chi connectivity index (χ2v) is 5.95. The highest BCUT2D eigenvalue weighted by molar-refractivity contribution is 7.08. The maximum Gasteiger partial charge on any atom is 0.136 e. The van der Waals surface area contributed by atoms with Gasteiger partial charge in [-0.1, -0.05) is 20.8 Å². The van der Waals surface area contributed by atoms with Crippen LogP contribution in [0.5, 0.6) is 0 Å². The van der Waals surface area contributed by atoms with Gasteiger partial charge in [0.25, 0.3) is 0 Å². The Bertz CT molecular complexity index is 524. The van der Waals surface area contributed by atoms with E-state index in [1.54, 1.807) is 11.3 Å². The molecule has 2 heterocycles. The molecule has 0 saturated heterocycles. The average Bonchev–Trinajstić information content (AvgIpc) is 2.73. The Morgan fingerprint density at radius 2 is 1.94 bits per heavy atom. The fourth-order valence-electron chi connectivity index (χ4n) is 1.55. The van der Waals surface area contributed by atoms with Crippen LogP contribution in [0.2, 0.25) is 0 Å². The lowest BCUT2D eigenvalue weighted by atomic mass is 9.95. The molecule has 0 amide bonds. The number of rotatable bonds is 1. The molecule has 0 bridgehead atoms. The Labute approximate surface area is 106 Å². The van der Waals surface area contributed by atoms with Gasteiger partial charge in [-0.2, -0.15) is 11.3 Å². The second kappa shape index (κ2) is 4.11. The van der Waals surface area contributed by atoms with E-state index in [1.165, 1.54) is 0 Å². The molecule has 0 spiro atoms. The van der Waals surface area contributed by atoms with Gasteiger partial charge < -0.3 is 5.73 Å². The second-order valence-electron chi connectivity index (χ2n) is 5.17. The molecule has 0 saturated carbocycles. The van der Waals surface area contributed by atoms with E-state index in [4.69, 9.17) is 5.73 Å². The highest BCUT2D eigenvalue weighted by Crippen LogP contribution is 2.29. The fourth-order valence-corrected chi connectivity index (χ4v) is 2.19. The molecule has 0 aliphatic rings. The van der Waals surface area contributed by atoms with Crippen molar-refractivity contribution in [3.05, 3.63) is 28.2 Å². The Hall–Kier alpha value is -1.42. The Morgan fingerprint density at radius 3 is 2.47 bits per heavy atom. The number of aromatic nitrogens is 2. The van der Waals surface area contributed by atoms with Crippen LogP contribution in [0.3, 0.4) is 0 Å². The van der Waals surface area contributed by atoms with Crippen molar-refractivity contribution in [2.75, 3.05) is 5.73 Å². The molecule has 0 fully saturated rings. The van der Waals surface area contributed by atoms with Crippen molar-refractivity contribution in [1.82, 2.24) is 9.97 Å². The van der Waals surface area contributed by atoms with E-state index in [2.05, 4.69) is 42.2 Å². The van der Waals surface area contributed by atoms with Gasteiger partial charge in [-0.05, 0) is 18.4 Å². The summed E-state index contributed by atoms with van der Waals surface area (Å²) in [5.74, 6) is 1.37. The zero-order valence-corrected chi connectivity index (χ0v) is 11.4. The van der Waals surface area contributed by atoms with E-state index >= 15 is 0 Å². The fraction of sp³-hybridized carbons (Fsp3) is 0.385. The molecule has 0 aliphatic heterocycles. The first-order valence-corrected chi connectivity index (χ1v) is 6.51. The van der Waals surface area contributed by atoms with E-state index in [0.717, 1.165) is 22.6 Å². The SMILES string of the molecule is Cc1c(N)nc(C(C)(C)C)nc1-c1ccsc1. The summed E-state index contributed by atoms with van der Waals surface area (Å²) in [5.41, 5.74) is 8.91. The minimum absolute atomic E-state index is 0.0907. The summed E-state index contributed by atoms with van der Waals surface area (Å²) in [7, 11) is 0. The zero-order valence-electron chi connectivity index (χ0n) is 10.6. The highest BCUT2D eigenvalue weighted by atomic mass is 32.1. The maximum absolute atomic E-state index is 5.98. The number of anilines is 1. The lowest BCUT2D eigenvalue weighted by Crippen LogP contribution is -2.18. The summed E-state index contributed by atoms with van der Waals surface area (Å²) in [6.07, 6.45) is 0. The first kappa shape index (κ1) is 12.0. The smallest absolute Gasteiger partial charge is 0.136 e. The normalized spacial score (nSPS) is 11.8. The molecular formula is C13H17N3S. The quantitative estimate of drug-likeness (QED) is 0.840.